The van der Waals surface area contributed by atoms with Gasteiger partial charge in [-0.15, -0.1) is 0 Å². The van der Waals surface area contributed by atoms with Gasteiger partial charge in [0.1, 0.15) is 0 Å². The zero-order chi connectivity index (χ0) is 14.8. The van der Waals surface area contributed by atoms with Gasteiger partial charge in [-0.25, -0.2) is 0 Å². The lowest BCUT2D eigenvalue weighted by Crippen LogP contribution is -2.50. The Hall–Kier alpha value is -1.14. The molecular formula is C14H26N2O4. The average molecular weight is 286 g/mol. The number of carbonyl (C=O) groups excluding carboxylic acids is 2. The fourth-order valence-corrected chi connectivity index (χ4v) is 2.54. The SMILES string of the molecule is COC(=O)CCNC1CCCCC1NCCC(=O)OC. The van der Waals surface area contributed by atoms with Crippen molar-refractivity contribution in [2.75, 3.05) is 27.3 Å². The third kappa shape index (κ3) is 6.34. The topological polar surface area (TPSA) is 76.7 Å². The van der Waals surface area contributed by atoms with E-state index in [2.05, 4.69) is 20.1 Å². The van der Waals surface area contributed by atoms with Gasteiger partial charge in [0.05, 0.1) is 27.1 Å². The van der Waals surface area contributed by atoms with Gasteiger partial charge >= 0.3 is 11.9 Å². The fourth-order valence-electron chi connectivity index (χ4n) is 2.54. The zero-order valence-electron chi connectivity index (χ0n) is 12.4. The van der Waals surface area contributed by atoms with Crippen LogP contribution in [0.1, 0.15) is 38.5 Å². The normalized spacial score (nSPS) is 22.3. The standard InChI is InChI=1S/C14H26N2O4/c1-19-13(17)7-9-15-11-5-3-4-6-12(11)16-10-8-14(18)20-2/h11-12,15-16H,3-10H2,1-2H3. The second-order valence-corrected chi connectivity index (χ2v) is 5.06. The van der Waals surface area contributed by atoms with E-state index in [-0.39, 0.29) is 11.9 Å². The van der Waals surface area contributed by atoms with E-state index in [9.17, 15) is 9.59 Å². The molecule has 0 amide bonds. The van der Waals surface area contributed by atoms with Crippen molar-refractivity contribution < 1.29 is 19.1 Å². The first-order valence-electron chi connectivity index (χ1n) is 7.27. The second-order valence-electron chi connectivity index (χ2n) is 5.06. The Balaban J connectivity index is 2.26. The van der Waals surface area contributed by atoms with E-state index < -0.39 is 0 Å². The van der Waals surface area contributed by atoms with E-state index in [4.69, 9.17) is 0 Å². The van der Waals surface area contributed by atoms with Crippen LogP contribution in [-0.4, -0.2) is 51.3 Å². The first kappa shape index (κ1) is 16.9. The number of esters is 2. The summed E-state index contributed by atoms with van der Waals surface area (Å²) in [6.07, 6.45) is 5.37. The molecular weight excluding hydrogens is 260 g/mol. The summed E-state index contributed by atoms with van der Waals surface area (Å²) in [5, 5.41) is 6.82. The van der Waals surface area contributed by atoms with Crippen molar-refractivity contribution in [2.24, 2.45) is 0 Å². The summed E-state index contributed by atoms with van der Waals surface area (Å²) in [5.74, 6) is -0.382. The molecule has 0 radical (unpaired) electrons. The molecule has 0 saturated heterocycles. The molecule has 0 aromatic carbocycles. The number of rotatable bonds is 8. The number of carbonyl (C=O) groups is 2. The molecule has 1 fully saturated rings. The van der Waals surface area contributed by atoms with Crippen LogP contribution in [-0.2, 0) is 19.1 Å². The summed E-state index contributed by atoms with van der Waals surface area (Å²) >= 11 is 0. The molecule has 6 heteroatoms. The first-order chi connectivity index (χ1) is 9.67. The van der Waals surface area contributed by atoms with Crippen molar-refractivity contribution in [1.29, 1.82) is 0 Å². The van der Waals surface area contributed by atoms with Gasteiger partial charge in [-0.2, -0.15) is 0 Å². The van der Waals surface area contributed by atoms with E-state index in [1.807, 2.05) is 0 Å². The molecule has 2 unspecified atom stereocenters. The molecule has 0 heterocycles. The van der Waals surface area contributed by atoms with Gasteiger partial charge in [0.15, 0.2) is 0 Å². The van der Waals surface area contributed by atoms with Crippen molar-refractivity contribution in [3.8, 4) is 0 Å². The monoisotopic (exact) mass is 286 g/mol. The number of nitrogens with one attached hydrogen (secondary N) is 2. The van der Waals surface area contributed by atoms with Crippen molar-refractivity contribution >= 4 is 11.9 Å². The lowest BCUT2D eigenvalue weighted by atomic mass is 9.90. The summed E-state index contributed by atoms with van der Waals surface area (Å²) < 4.78 is 9.25. The van der Waals surface area contributed by atoms with Crippen molar-refractivity contribution in [3.05, 3.63) is 0 Å². The minimum atomic E-state index is -0.191. The van der Waals surface area contributed by atoms with Crippen LogP contribution >= 0.6 is 0 Å². The van der Waals surface area contributed by atoms with E-state index in [0.717, 1.165) is 12.8 Å². The molecule has 20 heavy (non-hydrogen) atoms. The predicted octanol–water partition coefficient (Wildman–Crippen LogP) is 0.603. The predicted molar refractivity (Wildman–Crippen MR) is 75.3 cm³/mol. The molecule has 6 nitrogen and oxygen atoms in total. The van der Waals surface area contributed by atoms with Gasteiger partial charge in [-0.1, -0.05) is 12.8 Å². The van der Waals surface area contributed by atoms with Gasteiger partial charge < -0.3 is 20.1 Å². The van der Waals surface area contributed by atoms with Gasteiger partial charge in [0.2, 0.25) is 0 Å². The van der Waals surface area contributed by atoms with Gasteiger partial charge in [-0.3, -0.25) is 9.59 Å². The Kier molecular flexibility index (Phi) is 8.22. The quantitative estimate of drug-likeness (QED) is 0.637. The molecule has 2 N–H and O–H groups in total. The molecule has 1 saturated carbocycles. The molecule has 1 rings (SSSR count). The van der Waals surface area contributed by atoms with E-state index >= 15 is 0 Å². The highest BCUT2D eigenvalue weighted by molar-refractivity contribution is 5.69. The van der Waals surface area contributed by atoms with Crippen LogP contribution in [0.25, 0.3) is 0 Å². The first-order valence-corrected chi connectivity index (χ1v) is 7.27. The fraction of sp³-hybridized carbons (Fsp3) is 0.857. The maximum atomic E-state index is 11.1. The molecule has 0 aliphatic heterocycles. The highest BCUT2D eigenvalue weighted by Gasteiger charge is 2.24. The van der Waals surface area contributed by atoms with E-state index in [1.165, 1.54) is 27.1 Å². The third-order valence-electron chi connectivity index (χ3n) is 3.69. The molecule has 2 atom stereocenters. The Morgan fingerprint density at radius 2 is 1.30 bits per heavy atom. The number of hydrogen-bond donors (Lipinski definition) is 2. The molecule has 1 aliphatic carbocycles. The summed E-state index contributed by atoms with van der Waals surface area (Å²) in [4.78, 5) is 22.2. The minimum absolute atomic E-state index is 0.191. The number of hydrogen-bond acceptors (Lipinski definition) is 6. The Morgan fingerprint density at radius 1 is 0.900 bits per heavy atom. The lowest BCUT2D eigenvalue weighted by Gasteiger charge is -2.33. The van der Waals surface area contributed by atoms with Crippen LogP contribution in [0.5, 0.6) is 0 Å². The van der Waals surface area contributed by atoms with Crippen LogP contribution in [0.4, 0.5) is 0 Å². The van der Waals surface area contributed by atoms with Crippen LogP contribution in [0.15, 0.2) is 0 Å². The van der Waals surface area contributed by atoms with Crippen molar-refractivity contribution in [2.45, 2.75) is 50.6 Å². The second kappa shape index (κ2) is 9.72. The van der Waals surface area contributed by atoms with Gasteiger partial charge in [-0.05, 0) is 12.8 Å². The van der Waals surface area contributed by atoms with E-state index in [1.54, 1.807) is 0 Å². The molecule has 0 spiro atoms. The number of ether oxygens (including phenoxy) is 2. The maximum Gasteiger partial charge on any atom is 0.306 e. The number of methoxy groups -OCH3 is 2. The Morgan fingerprint density at radius 3 is 1.65 bits per heavy atom. The summed E-state index contributed by atoms with van der Waals surface area (Å²) in [7, 11) is 2.81. The average Bonchev–Trinajstić information content (AvgIpc) is 2.48. The van der Waals surface area contributed by atoms with E-state index in [0.29, 0.717) is 38.0 Å². The Bertz CT molecular complexity index is 280. The highest BCUT2D eigenvalue weighted by Crippen LogP contribution is 2.18. The minimum Gasteiger partial charge on any atom is -0.469 e. The maximum absolute atomic E-state index is 11.1. The lowest BCUT2D eigenvalue weighted by molar-refractivity contribution is -0.141. The zero-order valence-corrected chi connectivity index (χ0v) is 12.4. The molecule has 0 aromatic rings. The highest BCUT2D eigenvalue weighted by atomic mass is 16.5. The van der Waals surface area contributed by atoms with Gasteiger partial charge in [0.25, 0.3) is 0 Å². The summed E-state index contributed by atoms with van der Waals surface area (Å²) in [6, 6.07) is 0.706. The molecule has 1 aliphatic rings. The smallest absolute Gasteiger partial charge is 0.306 e. The molecule has 116 valence electrons. The van der Waals surface area contributed by atoms with Crippen LogP contribution < -0.4 is 10.6 Å². The third-order valence-corrected chi connectivity index (χ3v) is 3.69. The molecule has 0 aromatic heterocycles. The van der Waals surface area contributed by atoms with Crippen LogP contribution in [0, 0.1) is 0 Å². The van der Waals surface area contributed by atoms with Crippen molar-refractivity contribution in [1.82, 2.24) is 10.6 Å². The summed E-state index contributed by atoms with van der Waals surface area (Å²) in [5.41, 5.74) is 0. The van der Waals surface area contributed by atoms with Crippen LogP contribution in [0.2, 0.25) is 0 Å². The molecule has 0 bridgehead atoms. The largest absolute Gasteiger partial charge is 0.469 e. The van der Waals surface area contributed by atoms with Gasteiger partial charge in [0, 0.05) is 25.2 Å². The van der Waals surface area contributed by atoms with Crippen LogP contribution in [0.3, 0.4) is 0 Å². The van der Waals surface area contributed by atoms with Crippen molar-refractivity contribution in [3.63, 3.8) is 0 Å². The summed E-state index contributed by atoms with van der Waals surface area (Å²) in [6.45, 7) is 1.26. The Labute approximate surface area is 120 Å².